The molecule has 3 N–H and O–H groups in total. The number of nitrogens with two attached hydrogens (primary N) is 1. The van der Waals surface area contributed by atoms with Gasteiger partial charge in [0, 0.05) is 37.8 Å². The number of anilines is 2. The van der Waals surface area contributed by atoms with Crippen molar-refractivity contribution in [3.8, 4) is 0 Å². The predicted molar refractivity (Wildman–Crippen MR) is 81.8 cm³/mol. The summed E-state index contributed by atoms with van der Waals surface area (Å²) in [6.45, 7) is 1.65. The van der Waals surface area contributed by atoms with Gasteiger partial charge in [-0.15, -0.1) is 0 Å². The van der Waals surface area contributed by atoms with Crippen LogP contribution in [-0.2, 0) is 9.84 Å². The van der Waals surface area contributed by atoms with Gasteiger partial charge in [-0.3, -0.25) is 4.79 Å². The molecule has 6 nitrogen and oxygen atoms in total. The van der Waals surface area contributed by atoms with E-state index in [2.05, 4.69) is 5.32 Å². The van der Waals surface area contributed by atoms with Crippen molar-refractivity contribution in [3.05, 3.63) is 23.8 Å². The van der Waals surface area contributed by atoms with Gasteiger partial charge in [0.2, 0.25) is 0 Å². The lowest BCUT2D eigenvalue weighted by atomic mass is 10.1. The molecule has 0 fully saturated rings. The summed E-state index contributed by atoms with van der Waals surface area (Å²) < 4.78 is 22.4. The highest BCUT2D eigenvalue weighted by Crippen LogP contribution is 2.21. The molecular weight excluding hydrogens is 278 g/mol. The summed E-state index contributed by atoms with van der Waals surface area (Å²) in [5, 5.41) is 2.67. The number of amides is 1. The molecule has 0 aromatic heterocycles. The van der Waals surface area contributed by atoms with Crippen molar-refractivity contribution in [2.24, 2.45) is 0 Å². The van der Waals surface area contributed by atoms with E-state index in [1.54, 1.807) is 30.0 Å². The minimum absolute atomic E-state index is 0.0989. The smallest absolute Gasteiger partial charge is 0.253 e. The van der Waals surface area contributed by atoms with Gasteiger partial charge in [-0.05, 0) is 25.1 Å². The normalized spacial score (nSPS) is 12.8. The molecule has 1 aromatic rings. The number of carbonyl (C=O) groups is 1. The maximum absolute atomic E-state index is 12.2. The lowest BCUT2D eigenvalue weighted by Gasteiger charge is -2.19. The molecule has 1 aromatic carbocycles. The topological polar surface area (TPSA) is 92.5 Å². The zero-order chi connectivity index (χ0) is 15.5. The summed E-state index contributed by atoms with van der Waals surface area (Å²) >= 11 is 0. The van der Waals surface area contributed by atoms with Crippen molar-refractivity contribution in [2.75, 3.05) is 36.7 Å². The van der Waals surface area contributed by atoms with Crippen LogP contribution in [0.2, 0.25) is 0 Å². The highest BCUT2D eigenvalue weighted by molar-refractivity contribution is 7.90. The third kappa shape index (κ3) is 4.73. The van der Waals surface area contributed by atoms with Crippen molar-refractivity contribution in [3.63, 3.8) is 0 Å². The van der Waals surface area contributed by atoms with Crippen LogP contribution in [0.4, 0.5) is 11.4 Å². The van der Waals surface area contributed by atoms with Crippen molar-refractivity contribution < 1.29 is 13.2 Å². The molecule has 0 aliphatic carbocycles. The second-order valence-electron chi connectivity index (χ2n) is 5.14. The Hall–Kier alpha value is -1.76. The molecule has 1 rings (SSSR count). The average Bonchev–Trinajstić information content (AvgIpc) is 2.25. The first kappa shape index (κ1) is 16.3. The van der Waals surface area contributed by atoms with Gasteiger partial charge in [-0.2, -0.15) is 0 Å². The second kappa shape index (κ2) is 6.13. The fraction of sp³-hybridized carbons (Fsp3) is 0.462. The number of hydrogen-bond acceptors (Lipinski definition) is 5. The van der Waals surface area contributed by atoms with Gasteiger partial charge in [0.05, 0.1) is 11.3 Å². The summed E-state index contributed by atoms with van der Waals surface area (Å²) in [6, 6.07) is 4.59. The van der Waals surface area contributed by atoms with E-state index < -0.39 is 15.9 Å². The third-order valence-electron chi connectivity index (χ3n) is 2.68. The number of carbonyl (C=O) groups excluding carboxylic acids is 1. The number of benzene rings is 1. The molecule has 0 aliphatic heterocycles. The molecule has 0 aliphatic rings. The van der Waals surface area contributed by atoms with Gasteiger partial charge in [0.15, 0.2) is 0 Å². The van der Waals surface area contributed by atoms with E-state index in [0.717, 1.165) is 11.9 Å². The maximum atomic E-state index is 12.2. The first-order chi connectivity index (χ1) is 9.10. The Morgan fingerprint density at radius 1 is 1.40 bits per heavy atom. The zero-order valence-corrected chi connectivity index (χ0v) is 13.0. The Balaban J connectivity index is 2.95. The van der Waals surface area contributed by atoms with Crippen LogP contribution in [-0.4, -0.2) is 46.5 Å². The van der Waals surface area contributed by atoms with Crippen LogP contribution in [0.15, 0.2) is 18.2 Å². The molecular formula is C13H21N3O3S. The summed E-state index contributed by atoms with van der Waals surface area (Å²) in [5.74, 6) is -0.435. The van der Waals surface area contributed by atoms with Crippen LogP contribution in [0.1, 0.15) is 17.3 Å². The minimum atomic E-state index is -3.14. The summed E-state index contributed by atoms with van der Waals surface area (Å²) in [6.07, 6.45) is 1.14. The quantitative estimate of drug-likeness (QED) is 0.772. The van der Waals surface area contributed by atoms with E-state index in [9.17, 15) is 13.2 Å². The van der Waals surface area contributed by atoms with Crippen molar-refractivity contribution >= 4 is 27.1 Å². The standard InChI is InChI=1S/C13H21N3O3S/c1-9(8-20(4,18)19)15-13(17)11-7-10(14)5-6-12(11)16(2)3/h5-7,9H,8,14H2,1-4H3,(H,15,17). The largest absolute Gasteiger partial charge is 0.399 e. The van der Waals surface area contributed by atoms with Gasteiger partial charge in [-0.25, -0.2) is 8.42 Å². The van der Waals surface area contributed by atoms with Gasteiger partial charge >= 0.3 is 0 Å². The van der Waals surface area contributed by atoms with Crippen LogP contribution in [0.5, 0.6) is 0 Å². The molecule has 0 saturated carbocycles. The first-order valence-corrected chi connectivity index (χ1v) is 8.21. The van der Waals surface area contributed by atoms with Gasteiger partial charge in [0.25, 0.3) is 5.91 Å². The molecule has 1 atom stereocenters. The van der Waals surface area contributed by atoms with E-state index in [-0.39, 0.29) is 11.7 Å². The lowest BCUT2D eigenvalue weighted by molar-refractivity contribution is 0.0944. The number of sulfone groups is 1. The van der Waals surface area contributed by atoms with E-state index in [0.29, 0.717) is 11.3 Å². The SMILES string of the molecule is CC(CS(C)(=O)=O)NC(=O)c1cc(N)ccc1N(C)C. The zero-order valence-electron chi connectivity index (χ0n) is 12.2. The summed E-state index contributed by atoms with van der Waals surface area (Å²) in [5.41, 5.74) is 7.34. The van der Waals surface area contributed by atoms with Gasteiger partial charge in [-0.1, -0.05) is 0 Å². The minimum Gasteiger partial charge on any atom is -0.399 e. The molecule has 20 heavy (non-hydrogen) atoms. The number of nitrogens with one attached hydrogen (secondary N) is 1. The number of nitrogens with zero attached hydrogens (tertiary/aromatic N) is 1. The molecule has 0 saturated heterocycles. The molecule has 0 spiro atoms. The van der Waals surface area contributed by atoms with Crippen molar-refractivity contribution in [2.45, 2.75) is 13.0 Å². The molecule has 7 heteroatoms. The Morgan fingerprint density at radius 2 is 2.00 bits per heavy atom. The van der Waals surface area contributed by atoms with Crippen LogP contribution >= 0.6 is 0 Å². The van der Waals surface area contributed by atoms with Crippen LogP contribution in [0.25, 0.3) is 0 Å². The van der Waals surface area contributed by atoms with Crippen LogP contribution in [0.3, 0.4) is 0 Å². The van der Waals surface area contributed by atoms with Crippen LogP contribution in [0, 0.1) is 0 Å². The molecule has 1 unspecified atom stereocenters. The molecule has 1 amide bonds. The van der Waals surface area contributed by atoms with Crippen molar-refractivity contribution in [1.29, 1.82) is 0 Å². The van der Waals surface area contributed by atoms with Gasteiger partial charge in [0.1, 0.15) is 9.84 Å². The Labute approximate surface area is 119 Å². The van der Waals surface area contributed by atoms with E-state index in [1.807, 2.05) is 14.1 Å². The lowest BCUT2D eigenvalue weighted by Crippen LogP contribution is -2.38. The number of hydrogen-bond donors (Lipinski definition) is 2. The maximum Gasteiger partial charge on any atom is 0.253 e. The average molecular weight is 299 g/mol. The highest BCUT2D eigenvalue weighted by Gasteiger charge is 2.17. The fourth-order valence-corrected chi connectivity index (χ4v) is 2.91. The molecule has 112 valence electrons. The Bertz CT molecular complexity index is 597. The molecule has 0 radical (unpaired) electrons. The monoisotopic (exact) mass is 299 g/mol. The third-order valence-corrected chi connectivity index (χ3v) is 3.78. The molecule has 0 heterocycles. The van der Waals surface area contributed by atoms with Crippen LogP contribution < -0.4 is 16.0 Å². The molecule has 0 bridgehead atoms. The van der Waals surface area contributed by atoms with E-state index in [1.165, 1.54) is 0 Å². The number of rotatable bonds is 5. The Kier molecular flexibility index (Phi) is 4.99. The fourth-order valence-electron chi connectivity index (χ4n) is 1.92. The second-order valence-corrected chi connectivity index (χ2v) is 7.32. The highest BCUT2D eigenvalue weighted by atomic mass is 32.2. The van der Waals surface area contributed by atoms with E-state index in [4.69, 9.17) is 5.73 Å². The van der Waals surface area contributed by atoms with Gasteiger partial charge < -0.3 is 16.0 Å². The van der Waals surface area contributed by atoms with E-state index >= 15 is 0 Å². The summed E-state index contributed by atoms with van der Waals surface area (Å²) in [4.78, 5) is 14.0. The number of nitrogen functional groups attached to an aromatic ring is 1. The predicted octanol–water partition coefficient (Wildman–Crippen LogP) is 0.498. The Morgan fingerprint density at radius 3 is 2.50 bits per heavy atom. The van der Waals surface area contributed by atoms with Crippen molar-refractivity contribution in [1.82, 2.24) is 5.32 Å². The summed E-state index contributed by atoms with van der Waals surface area (Å²) in [7, 11) is 0.508. The first-order valence-electron chi connectivity index (χ1n) is 6.15.